The largest absolute Gasteiger partial charge is 0.444 e. The van der Waals surface area contributed by atoms with Crippen LogP contribution in [-0.2, 0) is 9.47 Å². The summed E-state index contributed by atoms with van der Waals surface area (Å²) in [6.07, 6.45) is 1.24. The fraction of sp³-hybridized carbons (Fsp3) is 0.455. The van der Waals surface area contributed by atoms with Gasteiger partial charge in [-0.05, 0) is 40.2 Å². The number of carbonyl (C=O) groups excluding carboxylic acids is 1. The molecule has 0 aliphatic carbocycles. The normalized spacial score (nSPS) is 18.2. The monoisotopic (exact) mass is 460 g/mol. The van der Waals surface area contributed by atoms with Gasteiger partial charge in [0, 0.05) is 12.7 Å². The molecule has 0 spiro atoms. The lowest BCUT2D eigenvalue weighted by Gasteiger charge is -2.33. The molecule has 0 radical (unpaired) electrons. The highest BCUT2D eigenvalue weighted by atomic mass is 19.1. The highest BCUT2D eigenvalue weighted by Gasteiger charge is 2.30. The van der Waals surface area contributed by atoms with Gasteiger partial charge in [0.2, 0.25) is 0 Å². The Bertz CT molecular complexity index is 1070. The van der Waals surface area contributed by atoms with E-state index in [2.05, 4.69) is 25.9 Å². The number of nitrogens with one attached hydrogen (secondary N) is 3. The Labute approximate surface area is 190 Å². The highest BCUT2D eigenvalue weighted by Crippen LogP contribution is 2.25. The van der Waals surface area contributed by atoms with Crippen molar-refractivity contribution in [2.75, 3.05) is 23.8 Å². The lowest BCUT2D eigenvalue weighted by Crippen LogP contribution is -2.53. The first-order chi connectivity index (χ1) is 15.6. The van der Waals surface area contributed by atoms with Crippen LogP contribution in [-0.4, -0.2) is 47.0 Å². The number of aryl methyl sites for hydroxylation is 1. The molecule has 9 nitrogen and oxygen atoms in total. The fourth-order valence-electron chi connectivity index (χ4n) is 3.17. The quantitative estimate of drug-likeness (QED) is 0.617. The molecule has 1 fully saturated rings. The first-order valence-electron chi connectivity index (χ1n) is 10.4. The number of hydrogen-bond donors (Lipinski definition) is 3. The minimum Gasteiger partial charge on any atom is -0.444 e. The van der Waals surface area contributed by atoms with E-state index in [0.717, 1.165) is 6.07 Å². The van der Waals surface area contributed by atoms with E-state index in [4.69, 9.17) is 9.47 Å². The second-order valence-corrected chi connectivity index (χ2v) is 8.61. The summed E-state index contributed by atoms with van der Waals surface area (Å²) in [6.45, 7) is 7.38. The number of halogens is 2. The minimum atomic E-state index is -0.743. The highest BCUT2D eigenvalue weighted by molar-refractivity contribution is 5.68. The number of alkyl carbamates (subject to hydrolysis) is 1. The van der Waals surface area contributed by atoms with E-state index in [0.29, 0.717) is 13.0 Å². The van der Waals surface area contributed by atoms with Crippen LogP contribution >= 0.6 is 0 Å². The molecule has 3 N–H and O–H groups in total. The molecule has 1 aliphatic heterocycles. The average Bonchev–Trinajstić information content (AvgIpc) is 2.73. The van der Waals surface area contributed by atoms with Crippen molar-refractivity contribution in [3.05, 3.63) is 41.2 Å². The van der Waals surface area contributed by atoms with Gasteiger partial charge < -0.3 is 25.4 Å². The van der Waals surface area contributed by atoms with Crippen molar-refractivity contribution in [2.45, 2.75) is 51.8 Å². The van der Waals surface area contributed by atoms with Gasteiger partial charge in [-0.2, -0.15) is 5.26 Å². The number of hydrogen-bond acceptors (Lipinski definition) is 8. The summed E-state index contributed by atoms with van der Waals surface area (Å²) >= 11 is 0. The van der Waals surface area contributed by atoms with Crippen molar-refractivity contribution >= 4 is 23.4 Å². The maximum atomic E-state index is 14.7. The van der Waals surface area contributed by atoms with Gasteiger partial charge in [-0.25, -0.2) is 18.6 Å². The zero-order valence-electron chi connectivity index (χ0n) is 18.8. The van der Waals surface area contributed by atoms with Crippen molar-refractivity contribution in [1.29, 1.82) is 5.26 Å². The van der Waals surface area contributed by atoms with E-state index in [1.807, 2.05) is 6.07 Å². The van der Waals surface area contributed by atoms with Gasteiger partial charge in [0.15, 0.2) is 17.5 Å². The van der Waals surface area contributed by atoms with Crippen molar-refractivity contribution < 1.29 is 23.0 Å². The second-order valence-electron chi connectivity index (χ2n) is 8.61. The lowest BCUT2D eigenvalue weighted by molar-refractivity contribution is 0.0317. The van der Waals surface area contributed by atoms with Gasteiger partial charge in [0.05, 0.1) is 41.8 Å². The third kappa shape index (κ3) is 6.49. The molecular formula is C22H26F2N6O3. The minimum absolute atomic E-state index is 0.0372. The SMILES string of the molecule is Cc1ncc(Nc2nc(N[C@@H]3CCOC[C@@H]3NC(=O)OC(C)(C)C)c(F)cc2C#N)cc1F. The molecule has 176 valence electrons. The summed E-state index contributed by atoms with van der Waals surface area (Å²) < 4.78 is 39.3. The molecule has 1 saturated heterocycles. The molecule has 3 heterocycles. The zero-order chi connectivity index (χ0) is 24.2. The van der Waals surface area contributed by atoms with Crippen molar-refractivity contribution in [1.82, 2.24) is 15.3 Å². The molecule has 1 amide bonds. The van der Waals surface area contributed by atoms with Gasteiger partial charge in [0.1, 0.15) is 17.5 Å². The zero-order valence-corrected chi connectivity index (χ0v) is 18.8. The van der Waals surface area contributed by atoms with Crippen LogP contribution in [0.4, 0.5) is 30.9 Å². The Morgan fingerprint density at radius 1 is 1.24 bits per heavy atom. The molecular weight excluding hydrogens is 434 g/mol. The standard InChI is InChI=1S/C22H26F2N6O3/c1-12-15(23)8-14(10-26-12)27-19-13(9-25)7-16(24)20(30-19)28-17-5-6-32-11-18(17)29-21(31)33-22(2,3)4/h7-8,10,17-18H,5-6,11H2,1-4H3,(H,29,31)(H2,27,28,30)/t17-,18+/m1/s1. The second kappa shape index (κ2) is 9.95. The van der Waals surface area contributed by atoms with E-state index >= 15 is 0 Å². The van der Waals surface area contributed by atoms with Crippen LogP contribution in [0.2, 0.25) is 0 Å². The summed E-state index contributed by atoms with van der Waals surface area (Å²) in [7, 11) is 0. The van der Waals surface area contributed by atoms with Gasteiger partial charge in [0.25, 0.3) is 0 Å². The summed E-state index contributed by atoms with van der Waals surface area (Å²) in [4.78, 5) is 20.3. The van der Waals surface area contributed by atoms with Crippen LogP contribution in [0, 0.1) is 29.9 Å². The maximum absolute atomic E-state index is 14.7. The molecule has 2 aromatic heterocycles. The number of rotatable bonds is 5. The van der Waals surface area contributed by atoms with Crippen molar-refractivity contribution in [2.24, 2.45) is 0 Å². The van der Waals surface area contributed by atoms with Crippen LogP contribution in [0.25, 0.3) is 0 Å². The summed E-state index contributed by atoms with van der Waals surface area (Å²) in [5.74, 6) is -1.36. The lowest BCUT2D eigenvalue weighted by atomic mass is 10.0. The van der Waals surface area contributed by atoms with Crippen molar-refractivity contribution in [3.63, 3.8) is 0 Å². The fourth-order valence-corrected chi connectivity index (χ4v) is 3.17. The molecule has 0 bridgehead atoms. The van der Waals surface area contributed by atoms with Crippen LogP contribution in [0.3, 0.4) is 0 Å². The molecule has 3 rings (SSSR count). The smallest absolute Gasteiger partial charge is 0.408 e. The first kappa shape index (κ1) is 24.1. The maximum Gasteiger partial charge on any atom is 0.408 e. The molecule has 2 aromatic rings. The Morgan fingerprint density at radius 2 is 2.00 bits per heavy atom. The number of ether oxygens (including phenoxy) is 2. The predicted octanol–water partition coefficient (Wildman–Crippen LogP) is 3.77. The Kier molecular flexibility index (Phi) is 7.28. The van der Waals surface area contributed by atoms with Gasteiger partial charge in [-0.1, -0.05) is 0 Å². The Morgan fingerprint density at radius 3 is 2.67 bits per heavy atom. The Hall–Kier alpha value is -3.52. The summed E-state index contributed by atoms with van der Waals surface area (Å²) in [5.41, 5.74) is -0.253. The predicted molar refractivity (Wildman–Crippen MR) is 117 cm³/mol. The molecule has 0 aromatic carbocycles. The molecule has 0 unspecified atom stereocenters. The van der Waals surface area contributed by atoms with Crippen LogP contribution in [0.1, 0.15) is 38.4 Å². The number of anilines is 3. The summed E-state index contributed by atoms with van der Waals surface area (Å²) in [6, 6.07) is 3.20. The topological polar surface area (TPSA) is 121 Å². The number of nitrogens with zero attached hydrogens (tertiary/aromatic N) is 3. The van der Waals surface area contributed by atoms with E-state index in [1.54, 1.807) is 20.8 Å². The summed E-state index contributed by atoms with van der Waals surface area (Å²) in [5, 5.41) is 17.9. The number of carbonyl (C=O) groups is 1. The van der Waals surface area contributed by atoms with E-state index < -0.39 is 35.4 Å². The third-order valence-electron chi connectivity index (χ3n) is 4.76. The van der Waals surface area contributed by atoms with Crippen LogP contribution in [0.15, 0.2) is 18.3 Å². The molecule has 33 heavy (non-hydrogen) atoms. The number of amides is 1. The molecule has 0 saturated carbocycles. The third-order valence-corrected chi connectivity index (χ3v) is 4.76. The van der Waals surface area contributed by atoms with Gasteiger partial charge in [-0.15, -0.1) is 0 Å². The number of pyridine rings is 2. The molecule has 1 aliphatic rings. The molecule has 11 heteroatoms. The molecule has 2 atom stereocenters. The van der Waals surface area contributed by atoms with E-state index in [-0.39, 0.29) is 35.2 Å². The van der Waals surface area contributed by atoms with Crippen LogP contribution in [0.5, 0.6) is 0 Å². The van der Waals surface area contributed by atoms with Crippen LogP contribution < -0.4 is 16.0 Å². The number of aromatic nitrogens is 2. The van der Waals surface area contributed by atoms with E-state index in [1.165, 1.54) is 19.2 Å². The number of nitriles is 1. The Balaban J connectivity index is 1.81. The van der Waals surface area contributed by atoms with E-state index in [9.17, 15) is 18.8 Å². The average molecular weight is 460 g/mol. The van der Waals surface area contributed by atoms with Gasteiger partial charge >= 0.3 is 6.09 Å². The van der Waals surface area contributed by atoms with Gasteiger partial charge in [-0.3, -0.25) is 4.98 Å². The van der Waals surface area contributed by atoms with Crippen molar-refractivity contribution in [3.8, 4) is 6.07 Å². The first-order valence-corrected chi connectivity index (χ1v) is 10.4.